The second kappa shape index (κ2) is 8.83. The zero-order valence-corrected chi connectivity index (χ0v) is 19.5. The fraction of sp³-hybridized carbons (Fsp3) is 0. The summed E-state index contributed by atoms with van der Waals surface area (Å²) in [4.78, 5) is -1.13. The van der Waals surface area contributed by atoms with Gasteiger partial charge in [0.05, 0.1) is 4.90 Å². The van der Waals surface area contributed by atoms with Crippen LogP contribution in [0.3, 0.4) is 0 Å². The lowest BCUT2D eigenvalue weighted by molar-refractivity contribution is 0.481. The fourth-order valence-corrected chi connectivity index (χ4v) is 5.14. The molecule has 0 aromatic heterocycles. The molecule has 0 aliphatic heterocycles. The summed E-state index contributed by atoms with van der Waals surface area (Å²) in [6.07, 6.45) is 0. The molecule has 0 fully saturated rings. The van der Waals surface area contributed by atoms with Gasteiger partial charge in [0.1, 0.15) is 9.79 Å². The van der Waals surface area contributed by atoms with Gasteiger partial charge in [-0.15, -0.1) is 0 Å². The van der Waals surface area contributed by atoms with Crippen molar-refractivity contribution in [3.05, 3.63) is 66.7 Å². The number of hydrogen-bond acceptors (Lipinski definition) is 8. The molecule has 0 aliphatic rings. The first kappa shape index (κ1) is 25.4. The van der Waals surface area contributed by atoms with Crippen LogP contribution in [-0.2, 0) is 30.4 Å². The Morgan fingerprint density at radius 2 is 1.15 bits per heavy atom. The third kappa shape index (κ3) is 5.61. The maximum atomic E-state index is 11.2. The molecule has 0 atom stereocenters. The molecule has 0 bridgehead atoms. The number of hydrogen-bond donors (Lipinski definition) is 5. The Balaban J connectivity index is 0.000000196. The van der Waals surface area contributed by atoms with Gasteiger partial charge in [-0.3, -0.25) is 13.7 Å². The summed E-state index contributed by atoms with van der Waals surface area (Å²) in [6.45, 7) is 0. The highest BCUT2D eigenvalue weighted by atomic mass is 32.2. The van der Waals surface area contributed by atoms with Crippen LogP contribution in [0.15, 0.2) is 81.4 Å². The van der Waals surface area contributed by atoms with E-state index >= 15 is 0 Å². The van der Waals surface area contributed by atoms with E-state index in [4.69, 9.17) is 25.1 Å². The normalized spacial score (nSPS) is 12.3. The minimum absolute atomic E-state index is 0.0492. The highest BCUT2D eigenvalue weighted by Crippen LogP contribution is 2.30. The van der Waals surface area contributed by atoms with Crippen molar-refractivity contribution < 1.29 is 38.9 Å². The standard InChI is InChI=1S/C10H9NO6S2.C10H9NO3S/c11-6-4-8-7(10(5-6)19(15,16)17)2-1-3-9(8)18(12,13)14;11-9-3-1-7-2-4-10(15(12,13)14)6-8(7)5-9/h1-5H,11H2,(H,12,13,14)(H,15,16,17);1-6H,11H2,(H,12,13,14). The Bertz CT molecular complexity index is 1750. The summed E-state index contributed by atoms with van der Waals surface area (Å²) < 4.78 is 93.8. The highest BCUT2D eigenvalue weighted by Gasteiger charge is 2.20. The predicted molar refractivity (Wildman–Crippen MR) is 126 cm³/mol. The monoisotopic (exact) mass is 526 g/mol. The van der Waals surface area contributed by atoms with Crippen molar-refractivity contribution in [1.29, 1.82) is 0 Å². The average Bonchev–Trinajstić information content (AvgIpc) is 2.70. The molecule has 0 amide bonds. The zero-order chi connectivity index (χ0) is 25.5. The molecular weight excluding hydrogens is 508 g/mol. The molecule has 0 saturated carbocycles. The van der Waals surface area contributed by atoms with Crippen LogP contribution in [0.1, 0.15) is 0 Å². The molecule has 4 rings (SSSR count). The van der Waals surface area contributed by atoms with Crippen molar-refractivity contribution in [3.8, 4) is 0 Å². The van der Waals surface area contributed by atoms with Crippen LogP contribution in [0, 0.1) is 0 Å². The second-order valence-electron chi connectivity index (χ2n) is 7.06. The number of benzene rings is 4. The molecule has 4 aromatic rings. The quantitative estimate of drug-likeness (QED) is 0.193. The van der Waals surface area contributed by atoms with Crippen LogP contribution in [0.25, 0.3) is 21.5 Å². The fourth-order valence-electron chi connectivity index (χ4n) is 3.19. The van der Waals surface area contributed by atoms with E-state index in [0.717, 1.165) is 17.5 Å². The van der Waals surface area contributed by atoms with Crippen molar-refractivity contribution in [2.45, 2.75) is 14.7 Å². The molecule has 0 heterocycles. The van der Waals surface area contributed by atoms with Gasteiger partial charge in [-0.25, -0.2) is 0 Å². The van der Waals surface area contributed by atoms with Crippen LogP contribution in [0.2, 0.25) is 0 Å². The molecule has 7 N–H and O–H groups in total. The van der Waals surface area contributed by atoms with Crippen LogP contribution >= 0.6 is 0 Å². The summed E-state index contributed by atoms with van der Waals surface area (Å²) in [5.74, 6) is 0. The summed E-state index contributed by atoms with van der Waals surface area (Å²) in [7, 11) is -13.3. The van der Waals surface area contributed by atoms with Crippen LogP contribution < -0.4 is 11.5 Å². The van der Waals surface area contributed by atoms with Gasteiger partial charge in [-0.1, -0.05) is 24.3 Å². The van der Waals surface area contributed by atoms with Gasteiger partial charge in [-0.05, 0) is 53.2 Å². The number of rotatable bonds is 3. The van der Waals surface area contributed by atoms with Gasteiger partial charge in [0, 0.05) is 22.1 Å². The van der Waals surface area contributed by atoms with Gasteiger partial charge < -0.3 is 11.5 Å². The second-order valence-corrected chi connectivity index (χ2v) is 11.3. The van der Waals surface area contributed by atoms with Crippen molar-refractivity contribution in [3.63, 3.8) is 0 Å². The van der Waals surface area contributed by atoms with E-state index in [1.807, 2.05) is 0 Å². The first-order valence-electron chi connectivity index (χ1n) is 9.11. The van der Waals surface area contributed by atoms with E-state index in [9.17, 15) is 25.3 Å². The first-order valence-corrected chi connectivity index (χ1v) is 13.4. The van der Waals surface area contributed by atoms with Crippen LogP contribution in [0.4, 0.5) is 11.4 Å². The summed E-state index contributed by atoms with van der Waals surface area (Å²) in [5.41, 5.74) is 11.5. The third-order valence-electron chi connectivity index (χ3n) is 4.63. The Labute approximate surface area is 194 Å². The largest absolute Gasteiger partial charge is 0.399 e. The SMILES string of the molecule is Nc1cc(S(=O)(=O)O)c2cccc(S(=O)(=O)O)c2c1.Nc1ccc2ccc(S(=O)(=O)O)cc2c1. The molecule has 34 heavy (non-hydrogen) atoms. The molecular formula is C20H18N2O9S3. The number of fused-ring (bicyclic) bond motifs is 2. The number of nitrogen functional groups attached to an aromatic ring is 2. The van der Waals surface area contributed by atoms with E-state index in [1.165, 1.54) is 30.3 Å². The summed E-state index contributed by atoms with van der Waals surface area (Å²) in [6, 6.07) is 15.4. The topological polar surface area (TPSA) is 215 Å². The molecule has 0 unspecified atom stereocenters. The van der Waals surface area contributed by atoms with E-state index in [-0.39, 0.29) is 21.4 Å². The Kier molecular flexibility index (Phi) is 6.58. The summed E-state index contributed by atoms with van der Waals surface area (Å²) in [5, 5.41) is 1.42. The van der Waals surface area contributed by atoms with Crippen LogP contribution in [-0.4, -0.2) is 38.9 Å². The maximum absolute atomic E-state index is 11.2. The first-order chi connectivity index (χ1) is 15.6. The van der Waals surface area contributed by atoms with Crippen molar-refractivity contribution >= 4 is 63.3 Å². The highest BCUT2D eigenvalue weighted by molar-refractivity contribution is 7.86. The Morgan fingerprint density at radius 3 is 1.74 bits per heavy atom. The number of nitrogens with two attached hydrogens (primary N) is 2. The van der Waals surface area contributed by atoms with Gasteiger partial charge in [0.15, 0.2) is 0 Å². The molecule has 180 valence electrons. The third-order valence-corrected chi connectivity index (χ3v) is 7.28. The Morgan fingerprint density at radius 1 is 0.529 bits per heavy atom. The average molecular weight is 527 g/mol. The maximum Gasteiger partial charge on any atom is 0.295 e. The van der Waals surface area contributed by atoms with E-state index in [2.05, 4.69) is 0 Å². The van der Waals surface area contributed by atoms with Gasteiger partial charge in [0.2, 0.25) is 0 Å². The van der Waals surface area contributed by atoms with Crippen molar-refractivity contribution in [2.24, 2.45) is 0 Å². The predicted octanol–water partition coefficient (Wildman–Crippen LogP) is 2.58. The van der Waals surface area contributed by atoms with Crippen molar-refractivity contribution in [1.82, 2.24) is 0 Å². The lowest BCUT2D eigenvalue weighted by Gasteiger charge is -2.08. The lowest BCUT2D eigenvalue weighted by Crippen LogP contribution is -2.04. The Hall–Kier alpha value is -3.27. The van der Waals surface area contributed by atoms with Crippen LogP contribution in [0.5, 0.6) is 0 Å². The lowest BCUT2D eigenvalue weighted by atomic mass is 10.1. The molecule has 0 spiro atoms. The minimum atomic E-state index is -4.57. The molecule has 14 heteroatoms. The van der Waals surface area contributed by atoms with Crippen molar-refractivity contribution in [2.75, 3.05) is 11.5 Å². The molecule has 0 saturated heterocycles. The van der Waals surface area contributed by atoms with Gasteiger partial charge in [0.25, 0.3) is 30.4 Å². The summed E-state index contributed by atoms with van der Waals surface area (Å²) >= 11 is 0. The zero-order valence-electron chi connectivity index (χ0n) is 17.0. The molecule has 0 radical (unpaired) electrons. The molecule has 11 nitrogen and oxygen atoms in total. The van der Waals surface area contributed by atoms with E-state index in [0.29, 0.717) is 11.1 Å². The van der Waals surface area contributed by atoms with E-state index < -0.39 is 40.1 Å². The van der Waals surface area contributed by atoms with E-state index in [1.54, 1.807) is 24.3 Å². The van der Waals surface area contributed by atoms with Gasteiger partial charge >= 0.3 is 0 Å². The smallest absolute Gasteiger partial charge is 0.295 e. The minimum Gasteiger partial charge on any atom is -0.399 e. The molecule has 0 aliphatic carbocycles. The van der Waals surface area contributed by atoms with Gasteiger partial charge in [-0.2, -0.15) is 25.3 Å². The molecule has 4 aromatic carbocycles. The number of anilines is 2.